The predicted octanol–water partition coefficient (Wildman–Crippen LogP) is 3.88. The Morgan fingerprint density at radius 1 is 1.19 bits per heavy atom. The van der Waals surface area contributed by atoms with Gasteiger partial charge in [-0.25, -0.2) is 0 Å². The molecule has 0 saturated carbocycles. The highest BCUT2D eigenvalue weighted by Gasteiger charge is 2.20. The van der Waals surface area contributed by atoms with Crippen molar-refractivity contribution in [2.45, 2.75) is 24.4 Å². The zero-order chi connectivity index (χ0) is 19.1. The van der Waals surface area contributed by atoms with Crippen molar-refractivity contribution in [1.29, 1.82) is 0 Å². The average Bonchev–Trinajstić information content (AvgIpc) is 2.67. The van der Waals surface area contributed by atoms with E-state index in [0.29, 0.717) is 6.54 Å². The highest BCUT2D eigenvalue weighted by Crippen LogP contribution is 2.27. The number of nitrogens with one attached hydrogen (secondary N) is 1. The first-order chi connectivity index (χ1) is 12.5. The largest absolute Gasteiger partial charge is 0.497 e. The van der Waals surface area contributed by atoms with Gasteiger partial charge in [-0.1, -0.05) is 18.2 Å². The minimum atomic E-state index is -0.295. The number of rotatable bonds is 8. The number of hydrogen-bond donors (Lipinski definition) is 1. The van der Waals surface area contributed by atoms with Crippen LogP contribution in [0.1, 0.15) is 12.5 Å². The lowest BCUT2D eigenvalue weighted by Gasteiger charge is -2.25. The van der Waals surface area contributed by atoms with Crippen molar-refractivity contribution in [2.75, 3.05) is 32.8 Å². The van der Waals surface area contributed by atoms with Crippen LogP contribution in [-0.2, 0) is 11.3 Å². The Morgan fingerprint density at radius 3 is 2.58 bits per heavy atom. The number of benzene rings is 2. The first-order valence-corrected chi connectivity index (χ1v) is 9.57. The van der Waals surface area contributed by atoms with Gasteiger partial charge in [0, 0.05) is 23.1 Å². The molecule has 0 unspecified atom stereocenters. The summed E-state index contributed by atoms with van der Waals surface area (Å²) in [4.78, 5) is 15.7. The molecular formula is C20H26N2O3S. The summed E-state index contributed by atoms with van der Waals surface area (Å²) in [5.74, 6) is 1.45. The summed E-state index contributed by atoms with van der Waals surface area (Å²) in [6, 6.07) is 13.2. The molecule has 0 fully saturated rings. The Labute approximate surface area is 159 Å². The summed E-state index contributed by atoms with van der Waals surface area (Å²) in [6.07, 6.45) is 2.00. The molecule has 0 spiro atoms. The predicted molar refractivity (Wildman–Crippen MR) is 107 cm³/mol. The van der Waals surface area contributed by atoms with Crippen molar-refractivity contribution >= 4 is 23.4 Å². The molecular weight excluding hydrogens is 348 g/mol. The van der Waals surface area contributed by atoms with Crippen molar-refractivity contribution in [3.8, 4) is 11.5 Å². The maximum atomic E-state index is 12.7. The second-order valence-electron chi connectivity index (χ2n) is 5.96. The van der Waals surface area contributed by atoms with E-state index in [0.717, 1.165) is 27.6 Å². The highest BCUT2D eigenvalue weighted by molar-refractivity contribution is 7.98. The van der Waals surface area contributed by atoms with E-state index in [9.17, 15) is 4.79 Å². The molecule has 2 aromatic carbocycles. The molecule has 26 heavy (non-hydrogen) atoms. The van der Waals surface area contributed by atoms with Gasteiger partial charge in [-0.15, -0.1) is 11.8 Å². The van der Waals surface area contributed by atoms with Gasteiger partial charge in [0.1, 0.15) is 11.5 Å². The lowest BCUT2D eigenvalue weighted by atomic mass is 10.1. The van der Waals surface area contributed by atoms with Crippen LogP contribution < -0.4 is 14.8 Å². The number of carbonyl (C=O) groups is 1. The summed E-state index contributed by atoms with van der Waals surface area (Å²) in [7, 11) is 5.18. The summed E-state index contributed by atoms with van der Waals surface area (Å²) in [5, 5.41) is 3.02. The molecule has 6 heteroatoms. The molecule has 5 nitrogen and oxygen atoms in total. The Hall–Kier alpha value is -2.18. The van der Waals surface area contributed by atoms with Gasteiger partial charge in [-0.3, -0.25) is 9.69 Å². The minimum absolute atomic E-state index is 0.0403. The van der Waals surface area contributed by atoms with E-state index in [1.54, 1.807) is 26.0 Å². The van der Waals surface area contributed by atoms with Gasteiger partial charge >= 0.3 is 0 Å². The van der Waals surface area contributed by atoms with E-state index >= 15 is 0 Å². The quantitative estimate of drug-likeness (QED) is 0.711. The highest BCUT2D eigenvalue weighted by atomic mass is 32.2. The molecule has 0 aliphatic heterocycles. The van der Waals surface area contributed by atoms with E-state index < -0.39 is 0 Å². The molecule has 0 radical (unpaired) electrons. The summed E-state index contributed by atoms with van der Waals surface area (Å²) in [6.45, 7) is 2.49. The first-order valence-electron chi connectivity index (χ1n) is 8.35. The van der Waals surface area contributed by atoms with E-state index in [1.807, 2.05) is 67.6 Å². The molecule has 0 bridgehead atoms. The zero-order valence-electron chi connectivity index (χ0n) is 15.9. The van der Waals surface area contributed by atoms with Crippen molar-refractivity contribution in [2.24, 2.45) is 0 Å². The van der Waals surface area contributed by atoms with Crippen molar-refractivity contribution in [1.82, 2.24) is 4.90 Å². The smallest absolute Gasteiger partial charge is 0.241 e. The van der Waals surface area contributed by atoms with Crippen LogP contribution in [-0.4, -0.2) is 44.4 Å². The fraction of sp³-hybridized carbons (Fsp3) is 0.350. The van der Waals surface area contributed by atoms with E-state index in [-0.39, 0.29) is 11.9 Å². The van der Waals surface area contributed by atoms with Gasteiger partial charge in [-0.05, 0) is 38.4 Å². The van der Waals surface area contributed by atoms with Crippen LogP contribution in [0, 0.1) is 0 Å². The standard InChI is InChI=1S/C20H26N2O3S/c1-14(20(23)21-17-8-6-7-9-19(17)26-5)22(2)13-15-10-11-16(24-3)12-18(15)25-4/h6-12,14H,13H2,1-5H3,(H,21,23)/t14-/m1/s1. The number of thioether (sulfide) groups is 1. The van der Waals surface area contributed by atoms with E-state index in [1.165, 1.54) is 0 Å². The van der Waals surface area contributed by atoms with Crippen molar-refractivity contribution < 1.29 is 14.3 Å². The molecule has 0 aliphatic rings. The first kappa shape index (κ1) is 20.1. The number of amides is 1. The topological polar surface area (TPSA) is 50.8 Å². The zero-order valence-corrected chi connectivity index (χ0v) is 16.7. The second-order valence-corrected chi connectivity index (χ2v) is 6.81. The average molecular weight is 375 g/mol. The Balaban J connectivity index is 2.07. The lowest BCUT2D eigenvalue weighted by molar-refractivity contribution is -0.120. The fourth-order valence-electron chi connectivity index (χ4n) is 2.57. The number of methoxy groups -OCH3 is 2. The Morgan fingerprint density at radius 2 is 1.92 bits per heavy atom. The van der Waals surface area contributed by atoms with Crippen molar-refractivity contribution in [3.63, 3.8) is 0 Å². The fourth-order valence-corrected chi connectivity index (χ4v) is 3.13. The molecule has 0 aliphatic carbocycles. The molecule has 140 valence electrons. The third kappa shape index (κ3) is 4.93. The molecule has 0 saturated heterocycles. The number of para-hydroxylation sites is 1. The molecule has 1 amide bonds. The Kier molecular flexibility index (Phi) is 7.36. The third-order valence-electron chi connectivity index (χ3n) is 4.32. The van der Waals surface area contributed by atoms with Crippen molar-refractivity contribution in [3.05, 3.63) is 48.0 Å². The van der Waals surface area contributed by atoms with Gasteiger partial charge in [0.2, 0.25) is 5.91 Å². The van der Waals surface area contributed by atoms with Gasteiger partial charge in [0.15, 0.2) is 0 Å². The monoisotopic (exact) mass is 374 g/mol. The SMILES string of the molecule is COc1ccc(CN(C)[C@H](C)C(=O)Nc2ccccc2SC)c(OC)c1. The van der Waals surface area contributed by atoms with Gasteiger partial charge in [-0.2, -0.15) is 0 Å². The third-order valence-corrected chi connectivity index (χ3v) is 5.12. The number of anilines is 1. The lowest BCUT2D eigenvalue weighted by Crippen LogP contribution is -2.39. The van der Waals surface area contributed by atoms with Crippen LogP contribution in [0.2, 0.25) is 0 Å². The van der Waals surface area contributed by atoms with Gasteiger partial charge in [0.25, 0.3) is 0 Å². The van der Waals surface area contributed by atoms with Crippen LogP contribution in [0.4, 0.5) is 5.69 Å². The maximum absolute atomic E-state index is 12.7. The normalized spacial score (nSPS) is 11.9. The summed E-state index contributed by atoms with van der Waals surface area (Å²) < 4.78 is 10.7. The second kappa shape index (κ2) is 9.50. The molecule has 2 aromatic rings. The van der Waals surface area contributed by atoms with Crippen LogP contribution in [0.15, 0.2) is 47.4 Å². The summed E-state index contributed by atoms with van der Waals surface area (Å²) >= 11 is 1.61. The number of carbonyl (C=O) groups excluding carboxylic acids is 1. The summed E-state index contributed by atoms with van der Waals surface area (Å²) in [5.41, 5.74) is 1.84. The maximum Gasteiger partial charge on any atom is 0.241 e. The van der Waals surface area contributed by atoms with Crippen LogP contribution >= 0.6 is 11.8 Å². The van der Waals surface area contributed by atoms with Crippen LogP contribution in [0.25, 0.3) is 0 Å². The van der Waals surface area contributed by atoms with Gasteiger partial charge in [0.05, 0.1) is 25.9 Å². The van der Waals surface area contributed by atoms with E-state index in [2.05, 4.69) is 5.32 Å². The minimum Gasteiger partial charge on any atom is -0.497 e. The number of likely N-dealkylation sites (N-methyl/N-ethyl adjacent to an activating group) is 1. The molecule has 0 aromatic heterocycles. The van der Waals surface area contributed by atoms with E-state index in [4.69, 9.17) is 9.47 Å². The molecule has 2 rings (SSSR count). The number of hydrogen-bond acceptors (Lipinski definition) is 5. The molecule has 1 atom stereocenters. The number of ether oxygens (including phenoxy) is 2. The molecule has 0 heterocycles. The van der Waals surface area contributed by atoms with Gasteiger partial charge < -0.3 is 14.8 Å². The molecule has 1 N–H and O–H groups in total. The van der Waals surface area contributed by atoms with Crippen LogP contribution in [0.3, 0.4) is 0 Å². The van der Waals surface area contributed by atoms with Crippen LogP contribution in [0.5, 0.6) is 11.5 Å². The number of nitrogens with zero attached hydrogens (tertiary/aromatic N) is 1. The Bertz CT molecular complexity index is 752.